The van der Waals surface area contributed by atoms with Gasteiger partial charge >= 0.3 is 0 Å². The molecular weight excluding hydrogens is 364 g/mol. The number of hydrogen-bond acceptors (Lipinski definition) is 4. The van der Waals surface area contributed by atoms with E-state index in [9.17, 15) is 0 Å². The fourth-order valence-corrected chi connectivity index (χ4v) is 3.73. The fourth-order valence-electron chi connectivity index (χ4n) is 3.73. The molecule has 1 atom stereocenters. The van der Waals surface area contributed by atoms with E-state index in [2.05, 4.69) is 41.8 Å². The lowest BCUT2D eigenvalue weighted by atomic mass is 10.1. The summed E-state index contributed by atoms with van der Waals surface area (Å²) in [4.78, 5) is 4.95. The molecule has 1 heterocycles. The number of fused-ring (bicyclic) bond motifs is 1. The second-order valence-electron chi connectivity index (χ2n) is 6.79. The molecule has 0 N–H and O–H groups in total. The van der Waals surface area contributed by atoms with E-state index in [-0.39, 0.29) is 6.04 Å². The van der Waals surface area contributed by atoms with Gasteiger partial charge in [-0.15, -0.1) is 0 Å². The second kappa shape index (κ2) is 7.87. The van der Waals surface area contributed by atoms with E-state index in [4.69, 9.17) is 19.2 Å². The van der Waals surface area contributed by atoms with Crippen molar-refractivity contribution in [3.8, 4) is 28.6 Å². The van der Waals surface area contributed by atoms with Crippen LogP contribution in [0.25, 0.3) is 22.4 Å². The van der Waals surface area contributed by atoms with Crippen LogP contribution in [-0.4, -0.2) is 30.9 Å². The molecule has 0 aliphatic rings. The standard InChI is InChI=1S/C24H24N2O3/c1-16(17-10-6-5-7-11-17)26-20-13-9-8-12-19(20)25-24(26)18-14-21(27-2)23(29-4)22(15-18)28-3/h5-16H,1-4H3. The number of imidazole rings is 1. The Bertz CT molecular complexity index is 1110. The molecule has 5 heteroatoms. The highest BCUT2D eigenvalue weighted by Gasteiger charge is 2.21. The van der Waals surface area contributed by atoms with Crippen molar-refractivity contribution in [1.82, 2.24) is 9.55 Å². The Labute approximate surface area is 170 Å². The molecule has 0 aliphatic carbocycles. The van der Waals surface area contributed by atoms with Crippen LogP contribution in [0.2, 0.25) is 0 Å². The predicted molar refractivity (Wildman–Crippen MR) is 115 cm³/mol. The van der Waals surface area contributed by atoms with Gasteiger partial charge in [0.15, 0.2) is 11.5 Å². The maximum atomic E-state index is 5.56. The van der Waals surface area contributed by atoms with Crippen molar-refractivity contribution in [1.29, 1.82) is 0 Å². The first kappa shape index (κ1) is 18.9. The van der Waals surface area contributed by atoms with Gasteiger partial charge < -0.3 is 18.8 Å². The van der Waals surface area contributed by atoms with E-state index >= 15 is 0 Å². The zero-order valence-corrected chi connectivity index (χ0v) is 17.0. The summed E-state index contributed by atoms with van der Waals surface area (Å²) >= 11 is 0. The van der Waals surface area contributed by atoms with Gasteiger partial charge in [0.2, 0.25) is 5.75 Å². The fraction of sp³-hybridized carbons (Fsp3) is 0.208. The Morgan fingerprint density at radius 2 is 1.41 bits per heavy atom. The number of nitrogens with zero attached hydrogens (tertiary/aromatic N) is 2. The topological polar surface area (TPSA) is 45.5 Å². The van der Waals surface area contributed by atoms with Gasteiger partial charge in [-0.1, -0.05) is 42.5 Å². The number of benzene rings is 3. The summed E-state index contributed by atoms with van der Waals surface area (Å²) in [5, 5.41) is 0. The van der Waals surface area contributed by atoms with Gasteiger partial charge in [-0.25, -0.2) is 4.98 Å². The lowest BCUT2D eigenvalue weighted by molar-refractivity contribution is 0.324. The molecule has 1 aromatic heterocycles. The average Bonchev–Trinajstić information content (AvgIpc) is 3.17. The number of methoxy groups -OCH3 is 3. The molecule has 0 radical (unpaired) electrons. The van der Waals surface area contributed by atoms with Crippen LogP contribution in [-0.2, 0) is 0 Å². The smallest absolute Gasteiger partial charge is 0.203 e. The highest BCUT2D eigenvalue weighted by molar-refractivity contribution is 5.82. The van der Waals surface area contributed by atoms with E-state index in [0.717, 1.165) is 22.4 Å². The highest BCUT2D eigenvalue weighted by Crippen LogP contribution is 2.42. The molecule has 0 spiro atoms. The number of aromatic nitrogens is 2. The van der Waals surface area contributed by atoms with Gasteiger partial charge in [0, 0.05) is 5.56 Å². The normalized spacial score (nSPS) is 12.0. The first-order valence-electron chi connectivity index (χ1n) is 9.50. The Morgan fingerprint density at radius 3 is 2.03 bits per heavy atom. The second-order valence-corrected chi connectivity index (χ2v) is 6.79. The first-order valence-corrected chi connectivity index (χ1v) is 9.50. The Kier molecular flexibility index (Phi) is 5.12. The van der Waals surface area contributed by atoms with E-state index in [1.165, 1.54) is 5.56 Å². The van der Waals surface area contributed by atoms with Crippen LogP contribution in [0.1, 0.15) is 18.5 Å². The van der Waals surface area contributed by atoms with Gasteiger partial charge in [0.1, 0.15) is 5.82 Å². The lowest BCUT2D eigenvalue weighted by Crippen LogP contribution is -2.08. The van der Waals surface area contributed by atoms with Crippen LogP contribution < -0.4 is 14.2 Å². The van der Waals surface area contributed by atoms with Gasteiger partial charge in [-0.3, -0.25) is 0 Å². The van der Waals surface area contributed by atoms with E-state index in [0.29, 0.717) is 17.2 Å². The van der Waals surface area contributed by atoms with Crippen molar-refractivity contribution in [2.45, 2.75) is 13.0 Å². The molecule has 148 valence electrons. The van der Waals surface area contributed by atoms with Crippen LogP contribution in [0.4, 0.5) is 0 Å². The number of ether oxygens (including phenoxy) is 3. The van der Waals surface area contributed by atoms with Gasteiger partial charge in [0.25, 0.3) is 0 Å². The summed E-state index contributed by atoms with van der Waals surface area (Å²) in [6, 6.07) is 22.6. The summed E-state index contributed by atoms with van der Waals surface area (Å²) in [6.45, 7) is 2.19. The van der Waals surface area contributed by atoms with Crippen LogP contribution in [0.15, 0.2) is 66.7 Å². The molecule has 5 nitrogen and oxygen atoms in total. The summed E-state index contributed by atoms with van der Waals surface area (Å²) in [5.41, 5.74) is 4.13. The molecule has 1 unspecified atom stereocenters. The van der Waals surface area contributed by atoms with Crippen molar-refractivity contribution in [3.63, 3.8) is 0 Å². The zero-order valence-electron chi connectivity index (χ0n) is 17.0. The zero-order chi connectivity index (χ0) is 20.4. The number of rotatable bonds is 6. The minimum atomic E-state index is 0.0951. The number of hydrogen-bond donors (Lipinski definition) is 0. The maximum absolute atomic E-state index is 5.56. The largest absolute Gasteiger partial charge is 0.493 e. The maximum Gasteiger partial charge on any atom is 0.203 e. The molecule has 3 aromatic carbocycles. The minimum absolute atomic E-state index is 0.0951. The first-order chi connectivity index (χ1) is 14.2. The van der Waals surface area contributed by atoms with Crippen LogP contribution >= 0.6 is 0 Å². The van der Waals surface area contributed by atoms with Crippen LogP contribution in [0.5, 0.6) is 17.2 Å². The third-order valence-corrected chi connectivity index (χ3v) is 5.19. The summed E-state index contributed by atoms with van der Waals surface area (Å²) in [6.07, 6.45) is 0. The molecule has 0 bridgehead atoms. The quantitative estimate of drug-likeness (QED) is 0.447. The molecule has 0 saturated heterocycles. The molecule has 29 heavy (non-hydrogen) atoms. The molecule has 0 saturated carbocycles. The van der Waals surface area contributed by atoms with Crippen LogP contribution in [0.3, 0.4) is 0 Å². The summed E-state index contributed by atoms with van der Waals surface area (Å²) in [5.74, 6) is 2.62. The van der Waals surface area contributed by atoms with E-state index < -0.39 is 0 Å². The monoisotopic (exact) mass is 388 g/mol. The molecular formula is C24H24N2O3. The van der Waals surface area contributed by atoms with Crippen molar-refractivity contribution in [2.75, 3.05) is 21.3 Å². The lowest BCUT2D eigenvalue weighted by Gasteiger charge is -2.19. The van der Waals surface area contributed by atoms with Gasteiger partial charge in [-0.05, 0) is 36.8 Å². The Hall–Kier alpha value is -3.47. The summed E-state index contributed by atoms with van der Waals surface area (Å²) < 4.78 is 18.8. The molecule has 0 fully saturated rings. The Morgan fingerprint density at radius 1 is 0.793 bits per heavy atom. The van der Waals surface area contributed by atoms with E-state index in [1.807, 2.05) is 36.4 Å². The molecule has 4 rings (SSSR count). The number of para-hydroxylation sites is 2. The summed E-state index contributed by atoms with van der Waals surface area (Å²) in [7, 11) is 4.85. The molecule has 4 aromatic rings. The third kappa shape index (κ3) is 3.29. The van der Waals surface area contributed by atoms with Crippen molar-refractivity contribution < 1.29 is 14.2 Å². The minimum Gasteiger partial charge on any atom is -0.493 e. The van der Waals surface area contributed by atoms with Crippen molar-refractivity contribution in [3.05, 3.63) is 72.3 Å². The predicted octanol–water partition coefficient (Wildman–Crippen LogP) is 5.34. The molecule has 0 amide bonds. The molecule has 0 aliphatic heterocycles. The van der Waals surface area contributed by atoms with Crippen molar-refractivity contribution in [2.24, 2.45) is 0 Å². The van der Waals surface area contributed by atoms with E-state index in [1.54, 1.807) is 21.3 Å². The van der Waals surface area contributed by atoms with Gasteiger partial charge in [0.05, 0.1) is 38.4 Å². The van der Waals surface area contributed by atoms with Crippen LogP contribution in [0, 0.1) is 0 Å². The SMILES string of the molecule is COc1cc(-c2nc3ccccc3n2C(C)c2ccccc2)cc(OC)c1OC. The third-order valence-electron chi connectivity index (χ3n) is 5.19. The van der Waals surface area contributed by atoms with Crippen molar-refractivity contribution >= 4 is 11.0 Å². The average molecular weight is 388 g/mol. The Balaban J connectivity index is 1.98. The van der Waals surface area contributed by atoms with Gasteiger partial charge in [-0.2, -0.15) is 0 Å². The highest BCUT2D eigenvalue weighted by atomic mass is 16.5.